The fraction of sp³-hybridized carbons (Fsp3) is 0.583. The summed E-state index contributed by atoms with van der Waals surface area (Å²) in [7, 11) is -3.62. The molecule has 1 unspecified atom stereocenters. The van der Waals surface area contributed by atoms with Gasteiger partial charge in [-0.2, -0.15) is 4.31 Å². The number of rotatable bonds is 2. The normalized spacial score (nSPS) is 28.3. The molecule has 19 heavy (non-hydrogen) atoms. The van der Waals surface area contributed by atoms with E-state index in [4.69, 9.17) is 0 Å². The first-order valence-electron chi connectivity index (χ1n) is 6.33. The molecule has 1 N–H and O–H groups in total. The van der Waals surface area contributed by atoms with Crippen molar-refractivity contribution in [2.24, 2.45) is 5.41 Å². The summed E-state index contributed by atoms with van der Waals surface area (Å²) < 4.78 is 39.4. The summed E-state index contributed by atoms with van der Waals surface area (Å²) in [5.41, 5.74) is 0.0633. The lowest BCUT2D eigenvalue weighted by atomic mass is 9.87. The summed E-state index contributed by atoms with van der Waals surface area (Å²) >= 11 is 0. The van der Waals surface area contributed by atoms with Crippen molar-refractivity contribution in [2.75, 3.05) is 26.2 Å². The first-order valence-corrected chi connectivity index (χ1v) is 7.77. The van der Waals surface area contributed by atoms with Crippen LogP contribution >= 0.6 is 0 Å². The van der Waals surface area contributed by atoms with E-state index in [1.165, 1.54) is 10.5 Å². The van der Waals surface area contributed by atoms with Gasteiger partial charge in [0.1, 0.15) is 10.7 Å². The lowest BCUT2D eigenvalue weighted by Gasteiger charge is -2.22. The van der Waals surface area contributed by atoms with Crippen molar-refractivity contribution in [1.29, 1.82) is 0 Å². The highest BCUT2D eigenvalue weighted by Gasteiger charge is 2.44. The van der Waals surface area contributed by atoms with Crippen molar-refractivity contribution in [1.82, 2.24) is 14.6 Å². The van der Waals surface area contributed by atoms with Crippen LogP contribution in [0, 0.1) is 11.2 Å². The molecule has 3 heterocycles. The van der Waals surface area contributed by atoms with Crippen molar-refractivity contribution in [3.05, 3.63) is 24.3 Å². The van der Waals surface area contributed by atoms with E-state index in [2.05, 4.69) is 10.3 Å². The van der Waals surface area contributed by atoms with Gasteiger partial charge in [-0.3, -0.25) is 4.98 Å². The van der Waals surface area contributed by atoms with Gasteiger partial charge in [0.2, 0.25) is 10.0 Å². The highest BCUT2D eigenvalue weighted by molar-refractivity contribution is 7.89. The third kappa shape index (κ3) is 2.26. The molecule has 2 saturated heterocycles. The first kappa shape index (κ1) is 13.0. The minimum atomic E-state index is -3.62. The van der Waals surface area contributed by atoms with Crippen LogP contribution in [0.3, 0.4) is 0 Å². The Labute approximate surface area is 111 Å². The van der Waals surface area contributed by atoms with Gasteiger partial charge in [-0.15, -0.1) is 0 Å². The lowest BCUT2D eigenvalue weighted by molar-refractivity contribution is 0.338. The molecular weight excluding hydrogens is 269 g/mol. The molecule has 0 aliphatic carbocycles. The van der Waals surface area contributed by atoms with Crippen LogP contribution in [-0.4, -0.2) is 43.9 Å². The van der Waals surface area contributed by atoms with E-state index < -0.39 is 15.8 Å². The van der Waals surface area contributed by atoms with Crippen LogP contribution in [-0.2, 0) is 10.0 Å². The van der Waals surface area contributed by atoms with Gasteiger partial charge in [0.25, 0.3) is 0 Å². The number of nitrogens with one attached hydrogen (secondary N) is 1. The van der Waals surface area contributed by atoms with Gasteiger partial charge in [-0.05, 0) is 30.9 Å². The zero-order valence-electron chi connectivity index (χ0n) is 10.5. The molecular formula is C12H16FN3O2S. The maximum Gasteiger partial charge on any atom is 0.244 e. The Kier molecular flexibility index (Phi) is 3.07. The summed E-state index contributed by atoms with van der Waals surface area (Å²) in [5.74, 6) is -0.627. The van der Waals surface area contributed by atoms with Gasteiger partial charge in [-0.1, -0.05) is 0 Å². The topological polar surface area (TPSA) is 62.3 Å². The number of pyridine rings is 1. The highest BCUT2D eigenvalue weighted by Crippen LogP contribution is 2.38. The van der Waals surface area contributed by atoms with E-state index in [-0.39, 0.29) is 10.3 Å². The van der Waals surface area contributed by atoms with Crippen LogP contribution in [0.2, 0.25) is 0 Å². The number of halogens is 1. The van der Waals surface area contributed by atoms with Crippen LogP contribution in [0.5, 0.6) is 0 Å². The standard InChI is InChI=1S/C12H16FN3O2S/c13-10-5-11(7-15-6-10)19(17,18)16-4-2-12(9-16)1-3-14-8-12/h5-7,14H,1-4,8-9H2. The second-order valence-electron chi connectivity index (χ2n) is 5.35. The predicted molar refractivity (Wildman–Crippen MR) is 67.5 cm³/mol. The maximum atomic E-state index is 13.1. The molecule has 0 radical (unpaired) electrons. The zero-order chi connectivity index (χ0) is 13.5. The van der Waals surface area contributed by atoms with Crippen LogP contribution in [0.4, 0.5) is 4.39 Å². The molecule has 5 nitrogen and oxygen atoms in total. The second-order valence-corrected chi connectivity index (χ2v) is 7.29. The summed E-state index contributed by atoms with van der Waals surface area (Å²) in [6.45, 7) is 2.81. The Morgan fingerprint density at radius 2 is 2.21 bits per heavy atom. The van der Waals surface area contributed by atoms with Gasteiger partial charge >= 0.3 is 0 Å². The van der Waals surface area contributed by atoms with E-state index >= 15 is 0 Å². The third-order valence-electron chi connectivity index (χ3n) is 4.05. The minimum Gasteiger partial charge on any atom is -0.316 e. The van der Waals surface area contributed by atoms with E-state index in [1.807, 2.05) is 0 Å². The van der Waals surface area contributed by atoms with Crippen LogP contribution in [0.15, 0.2) is 23.4 Å². The number of aromatic nitrogens is 1. The molecule has 1 atom stereocenters. The largest absolute Gasteiger partial charge is 0.316 e. The number of hydrogen-bond donors (Lipinski definition) is 1. The van der Waals surface area contributed by atoms with Gasteiger partial charge < -0.3 is 5.32 Å². The number of nitrogens with zero attached hydrogens (tertiary/aromatic N) is 2. The van der Waals surface area contributed by atoms with E-state index in [0.717, 1.165) is 38.2 Å². The molecule has 3 rings (SSSR count). The Hall–Kier alpha value is -1.05. The van der Waals surface area contributed by atoms with Crippen molar-refractivity contribution in [2.45, 2.75) is 17.7 Å². The predicted octanol–water partition coefficient (Wildman–Crippen LogP) is 0.595. The zero-order valence-corrected chi connectivity index (χ0v) is 11.3. The van der Waals surface area contributed by atoms with E-state index in [0.29, 0.717) is 13.1 Å². The molecule has 1 spiro atoms. The summed E-state index contributed by atoms with van der Waals surface area (Å²) in [6, 6.07) is 1.03. The van der Waals surface area contributed by atoms with Crippen LogP contribution in [0.25, 0.3) is 0 Å². The summed E-state index contributed by atoms with van der Waals surface area (Å²) in [4.78, 5) is 3.56. The molecule has 2 aliphatic heterocycles. The Bertz CT molecular complexity index is 584. The SMILES string of the molecule is O=S(=O)(c1cncc(F)c1)N1CCC2(CCNC2)C1. The molecule has 0 amide bonds. The number of hydrogen-bond acceptors (Lipinski definition) is 4. The van der Waals surface area contributed by atoms with Crippen molar-refractivity contribution < 1.29 is 12.8 Å². The fourth-order valence-corrected chi connectivity index (χ4v) is 4.45. The first-order chi connectivity index (χ1) is 9.02. The molecule has 1 aromatic rings. The molecule has 104 valence electrons. The summed E-state index contributed by atoms with van der Waals surface area (Å²) in [5, 5.41) is 3.28. The Morgan fingerprint density at radius 3 is 2.89 bits per heavy atom. The minimum absolute atomic E-state index is 0.0597. The van der Waals surface area contributed by atoms with Gasteiger partial charge in [0.05, 0.1) is 6.20 Å². The molecule has 0 aromatic carbocycles. The summed E-state index contributed by atoms with van der Waals surface area (Å²) in [6.07, 6.45) is 4.07. The lowest BCUT2D eigenvalue weighted by Crippen LogP contribution is -2.33. The van der Waals surface area contributed by atoms with Crippen molar-refractivity contribution >= 4 is 10.0 Å². The van der Waals surface area contributed by atoms with Crippen molar-refractivity contribution in [3.8, 4) is 0 Å². The van der Waals surface area contributed by atoms with E-state index in [9.17, 15) is 12.8 Å². The average Bonchev–Trinajstić information content (AvgIpc) is 3.01. The van der Waals surface area contributed by atoms with Crippen molar-refractivity contribution in [3.63, 3.8) is 0 Å². The average molecular weight is 285 g/mol. The highest BCUT2D eigenvalue weighted by atomic mass is 32.2. The van der Waals surface area contributed by atoms with Gasteiger partial charge in [-0.25, -0.2) is 12.8 Å². The van der Waals surface area contributed by atoms with Gasteiger partial charge in [0.15, 0.2) is 0 Å². The molecule has 1 aromatic heterocycles. The molecule has 0 saturated carbocycles. The maximum absolute atomic E-state index is 13.1. The molecule has 2 fully saturated rings. The monoisotopic (exact) mass is 285 g/mol. The quantitative estimate of drug-likeness (QED) is 0.864. The van der Waals surface area contributed by atoms with Gasteiger partial charge in [0, 0.05) is 25.8 Å². The second kappa shape index (κ2) is 4.50. The molecule has 2 aliphatic rings. The van der Waals surface area contributed by atoms with E-state index in [1.54, 1.807) is 0 Å². The van der Waals surface area contributed by atoms with Crippen LogP contribution in [0.1, 0.15) is 12.8 Å². The Morgan fingerprint density at radius 1 is 1.37 bits per heavy atom. The smallest absolute Gasteiger partial charge is 0.244 e. The number of sulfonamides is 1. The third-order valence-corrected chi connectivity index (χ3v) is 5.86. The molecule has 0 bridgehead atoms. The Balaban J connectivity index is 1.86. The fourth-order valence-electron chi connectivity index (χ4n) is 2.93. The van der Waals surface area contributed by atoms with Crippen LogP contribution < -0.4 is 5.32 Å². The molecule has 7 heteroatoms.